The van der Waals surface area contributed by atoms with Crippen LogP contribution in [0.5, 0.6) is 0 Å². The minimum atomic E-state index is 0.0464. The zero-order valence-electron chi connectivity index (χ0n) is 15.7. The Bertz CT molecular complexity index is 799. The highest BCUT2D eigenvalue weighted by molar-refractivity contribution is 5.94. The van der Waals surface area contributed by atoms with E-state index in [1.807, 2.05) is 58.7 Å². The Kier molecular flexibility index (Phi) is 5.40. The second-order valence-corrected chi connectivity index (χ2v) is 6.94. The molecule has 0 radical (unpaired) electrons. The van der Waals surface area contributed by atoms with Crippen LogP contribution in [-0.2, 0) is 11.3 Å². The summed E-state index contributed by atoms with van der Waals surface area (Å²) < 4.78 is 2.04. The summed E-state index contributed by atoms with van der Waals surface area (Å²) in [5, 5.41) is 0. The van der Waals surface area contributed by atoms with E-state index in [1.165, 1.54) is 0 Å². The largest absolute Gasteiger partial charge is 0.337 e. The molecular formula is C20H26N4O2. The number of aromatic nitrogens is 2. The molecule has 1 aromatic heterocycles. The highest BCUT2D eigenvalue weighted by atomic mass is 16.2. The summed E-state index contributed by atoms with van der Waals surface area (Å²) in [5.41, 5.74) is 1.79. The van der Waals surface area contributed by atoms with Gasteiger partial charge in [0.2, 0.25) is 5.91 Å². The first kappa shape index (κ1) is 18.2. The van der Waals surface area contributed by atoms with Crippen LogP contribution in [0.4, 0.5) is 0 Å². The molecule has 6 heteroatoms. The molecule has 2 amide bonds. The SMILES string of the molecule is CC(=O)N(CCn1ccnc1C)C1CCN(C(=O)c2cccc(C)c2)C1. The number of aryl methyl sites for hydroxylation is 2. The topological polar surface area (TPSA) is 58.4 Å². The summed E-state index contributed by atoms with van der Waals surface area (Å²) in [6, 6.07) is 7.74. The molecule has 6 nitrogen and oxygen atoms in total. The molecule has 26 heavy (non-hydrogen) atoms. The van der Waals surface area contributed by atoms with Crippen molar-refractivity contribution in [3.05, 3.63) is 53.6 Å². The number of benzene rings is 1. The highest BCUT2D eigenvalue weighted by Gasteiger charge is 2.32. The fourth-order valence-corrected chi connectivity index (χ4v) is 3.59. The second kappa shape index (κ2) is 7.72. The fourth-order valence-electron chi connectivity index (χ4n) is 3.59. The van der Waals surface area contributed by atoms with E-state index in [4.69, 9.17) is 0 Å². The van der Waals surface area contributed by atoms with Crippen LogP contribution in [-0.4, -0.2) is 56.8 Å². The quantitative estimate of drug-likeness (QED) is 0.828. The number of rotatable bonds is 5. The number of imidazole rings is 1. The lowest BCUT2D eigenvalue weighted by Crippen LogP contribution is -2.43. The second-order valence-electron chi connectivity index (χ2n) is 6.94. The monoisotopic (exact) mass is 354 g/mol. The van der Waals surface area contributed by atoms with Gasteiger partial charge < -0.3 is 14.4 Å². The molecule has 1 unspecified atom stereocenters. The van der Waals surface area contributed by atoms with Crippen molar-refractivity contribution in [3.8, 4) is 0 Å². The first-order valence-electron chi connectivity index (χ1n) is 9.06. The maximum Gasteiger partial charge on any atom is 0.253 e. The first-order valence-corrected chi connectivity index (χ1v) is 9.06. The van der Waals surface area contributed by atoms with Crippen LogP contribution in [0.25, 0.3) is 0 Å². The molecule has 3 rings (SSSR count). The number of carbonyl (C=O) groups is 2. The van der Waals surface area contributed by atoms with Crippen molar-refractivity contribution in [2.75, 3.05) is 19.6 Å². The smallest absolute Gasteiger partial charge is 0.253 e. The summed E-state index contributed by atoms with van der Waals surface area (Å²) in [7, 11) is 0. The number of nitrogens with zero attached hydrogens (tertiary/aromatic N) is 4. The number of hydrogen-bond acceptors (Lipinski definition) is 3. The zero-order chi connectivity index (χ0) is 18.7. The Morgan fingerprint density at radius 3 is 2.77 bits per heavy atom. The summed E-state index contributed by atoms with van der Waals surface area (Å²) >= 11 is 0. The predicted octanol–water partition coefficient (Wildman–Crippen LogP) is 2.26. The highest BCUT2D eigenvalue weighted by Crippen LogP contribution is 2.19. The lowest BCUT2D eigenvalue weighted by atomic mass is 10.1. The van der Waals surface area contributed by atoms with Crippen molar-refractivity contribution in [2.45, 2.75) is 39.8 Å². The molecule has 0 saturated carbocycles. The molecule has 2 aromatic rings. The Hall–Kier alpha value is -2.63. The third-order valence-corrected chi connectivity index (χ3v) is 5.07. The maximum absolute atomic E-state index is 12.7. The van der Waals surface area contributed by atoms with Crippen molar-refractivity contribution < 1.29 is 9.59 Å². The van der Waals surface area contributed by atoms with E-state index in [9.17, 15) is 9.59 Å². The Balaban J connectivity index is 1.64. The van der Waals surface area contributed by atoms with Gasteiger partial charge in [-0.25, -0.2) is 4.98 Å². The Morgan fingerprint density at radius 1 is 1.31 bits per heavy atom. The molecular weight excluding hydrogens is 328 g/mol. The molecule has 1 aliphatic heterocycles. The van der Waals surface area contributed by atoms with E-state index in [0.29, 0.717) is 31.7 Å². The molecule has 0 bridgehead atoms. The Morgan fingerprint density at radius 2 is 2.12 bits per heavy atom. The molecule has 138 valence electrons. The van der Waals surface area contributed by atoms with Crippen molar-refractivity contribution in [3.63, 3.8) is 0 Å². The lowest BCUT2D eigenvalue weighted by molar-refractivity contribution is -0.131. The van der Waals surface area contributed by atoms with Crippen molar-refractivity contribution in [1.82, 2.24) is 19.4 Å². The molecule has 1 aromatic carbocycles. The first-order chi connectivity index (χ1) is 12.5. The number of hydrogen-bond donors (Lipinski definition) is 0. The van der Waals surface area contributed by atoms with Crippen molar-refractivity contribution in [2.24, 2.45) is 0 Å². The molecule has 1 atom stereocenters. The maximum atomic E-state index is 12.7. The normalized spacial score (nSPS) is 16.7. The van der Waals surface area contributed by atoms with Crippen LogP contribution in [0.15, 0.2) is 36.7 Å². The van der Waals surface area contributed by atoms with Gasteiger partial charge in [0.1, 0.15) is 5.82 Å². The lowest BCUT2D eigenvalue weighted by Gasteiger charge is -2.28. The van der Waals surface area contributed by atoms with Gasteiger partial charge in [0.15, 0.2) is 0 Å². The molecule has 1 fully saturated rings. The van der Waals surface area contributed by atoms with Crippen LogP contribution in [0.1, 0.15) is 35.1 Å². The average Bonchev–Trinajstić information content (AvgIpc) is 3.24. The zero-order valence-corrected chi connectivity index (χ0v) is 15.7. The van der Waals surface area contributed by atoms with Crippen molar-refractivity contribution >= 4 is 11.8 Å². The average molecular weight is 354 g/mol. The standard InChI is InChI=1S/C20H26N4O2/c1-15-5-4-6-18(13-15)20(26)23-9-7-19(14-23)24(17(3)25)12-11-22-10-8-21-16(22)2/h4-6,8,10,13,19H,7,9,11-12,14H2,1-3H3. The summed E-state index contributed by atoms with van der Waals surface area (Å²) in [6.45, 7) is 8.17. The molecule has 0 aliphatic carbocycles. The van der Waals surface area contributed by atoms with Gasteiger partial charge in [0.05, 0.1) is 6.04 Å². The molecule has 1 aliphatic rings. The van der Waals surface area contributed by atoms with Crippen LogP contribution in [0, 0.1) is 13.8 Å². The van der Waals surface area contributed by atoms with Crippen LogP contribution >= 0.6 is 0 Å². The van der Waals surface area contributed by atoms with Crippen LogP contribution in [0.2, 0.25) is 0 Å². The van der Waals surface area contributed by atoms with Crippen LogP contribution in [0.3, 0.4) is 0 Å². The van der Waals surface area contributed by atoms with E-state index >= 15 is 0 Å². The summed E-state index contributed by atoms with van der Waals surface area (Å²) in [4.78, 5) is 32.9. The molecule has 1 saturated heterocycles. The Labute approximate surface area is 154 Å². The van der Waals surface area contributed by atoms with E-state index in [0.717, 1.165) is 17.8 Å². The van der Waals surface area contributed by atoms with Gasteiger partial charge >= 0.3 is 0 Å². The van der Waals surface area contributed by atoms with Gasteiger partial charge in [-0.3, -0.25) is 9.59 Å². The third kappa shape index (κ3) is 3.95. The third-order valence-electron chi connectivity index (χ3n) is 5.07. The molecule has 0 spiro atoms. The van der Waals surface area contributed by atoms with Gasteiger partial charge in [-0.05, 0) is 32.4 Å². The van der Waals surface area contributed by atoms with E-state index < -0.39 is 0 Å². The summed E-state index contributed by atoms with van der Waals surface area (Å²) in [5.74, 6) is 1.04. The summed E-state index contributed by atoms with van der Waals surface area (Å²) in [6.07, 6.45) is 4.52. The van der Waals surface area contributed by atoms with Gasteiger partial charge in [-0.2, -0.15) is 0 Å². The fraction of sp³-hybridized carbons (Fsp3) is 0.450. The van der Waals surface area contributed by atoms with Gasteiger partial charge in [0.25, 0.3) is 5.91 Å². The number of amides is 2. The van der Waals surface area contributed by atoms with Gasteiger partial charge in [-0.1, -0.05) is 17.7 Å². The van der Waals surface area contributed by atoms with E-state index in [-0.39, 0.29) is 17.9 Å². The van der Waals surface area contributed by atoms with E-state index in [1.54, 1.807) is 13.1 Å². The predicted molar refractivity (Wildman–Crippen MR) is 99.8 cm³/mol. The van der Waals surface area contributed by atoms with Crippen LogP contribution < -0.4 is 0 Å². The molecule has 2 heterocycles. The van der Waals surface area contributed by atoms with Crippen molar-refractivity contribution in [1.29, 1.82) is 0 Å². The number of likely N-dealkylation sites (tertiary alicyclic amines) is 1. The van der Waals surface area contributed by atoms with E-state index in [2.05, 4.69) is 4.98 Å². The minimum absolute atomic E-state index is 0.0464. The molecule has 0 N–H and O–H groups in total. The minimum Gasteiger partial charge on any atom is -0.337 e. The number of carbonyl (C=O) groups excluding carboxylic acids is 2. The van der Waals surface area contributed by atoms with Gasteiger partial charge in [0, 0.05) is 51.1 Å². The van der Waals surface area contributed by atoms with Gasteiger partial charge in [-0.15, -0.1) is 0 Å².